The fourth-order valence-corrected chi connectivity index (χ4v) is 1.85. The van der Waals surface area contributed by atoms with Crippen molar-refractivity contribution in [1.29, 1.82) is 0 Å². The molecule has 106 valence electrons. The number of nitrogens with one attached hydrogen (secondary N) is 1. The van der Waals surface area contributed by atoms with Gasteiger partial charge in [0.1, 0.15) is 0 Å². The van der Waals surface area contributed by atoms with Crippen LogP contribution in [0.5, 0.6) is 0 Å². The van der Waals surface area contributed by atoms with Crippen molar-refractivity contribution in [3.05, 3.63) is 52.1 Å². The van der Waals surface area contributed by atoms with Gasteiger partial charge in [-0.25, -0.2) is 0 Å². The first-order valence-electron chi connectivity index (χ1n) is 6.24. The number of rotatable bonds is 5. The highest BCUT2D eigenvalue weighted by Gasteiger charge is 2.15. The third kappa shape index (κ3) is 2.93. The van der Waals surface area contributed by atoms with Crippen molar-refractivity contribution in [1.82, 2.24) is 9.78 Å². The van der Waals surface area contributed by atoms with E-state index in [4.69, 9.17) is 0 Å². The van der Waals surface area contributed by atoms with E-state index in [1.807, 2.05) is 20.0 Å². The Kier molecular flexibility index (Phi) is 3.97. The molecule has 0 fully saturated rings. The Labute approximate surface area is 115 Å². The number of hydrogen-bond donors (Lipinski definition) is 1. The second-order valence-corrected chi connectivity index (χ2v) is 4.42. The molecule has 1 aromatic heterocycles. The summed E-state index contributed by atoms with van der Waals surface area (Å²) in [7, 11) is 0. The lowest BCUT2D eigenvalue weighted by Gasteiger charge is -2.13. The van der Waals surface area contributed by atoms with Crippen LogP contribution in [0.1, 0.15) is 25.5 Å². The molecule has 1 unspecified atom stereocenters. The van der Waals surface area contributed by atoms with Crippen LogP contribution in [-0.2, 0) is 6.54 Å². The lowest BCUT2D eigenvalue weighted by molar-refractivity contribution is -0.387. The molecule has 0 radical (unpaired) electrons. The molecule has 6 nitrogen and oxygen atoms in total. The Morgan fingerprint density at radius 1 is 1.55 bits per heavy atom. The van der Waals surface area contributed by atoms with Crippen LogP contribution in [0.3, 0.4) is 0 Å². The molecular formula is C13H15FN4O2. The average Bonchev–Trinajstić information content (AvgIpc) is 2.87. The number of nitrogens with zero attached hydrogens (tertiary/aromatic N) is 3. The van der Waals surface area contributed by atoms with Gasteiger partial charge in [-0.05, 0) is 19.9 Å². The van der Waals surface area contributed by atoms with Crippen molar-refractivity contribution in [2.75, 3.05) is 5.32 Å². The summed E-state index contributed by atoms with van der Waals surface area (Å²) in [6, 6.07) is 3.69. The van der Waals surface area contributed by atoms with Crippen molar-refractivity contribution in [3.8, 4) is 0 Å². The molecule has 1 heterocycles. The molecule has 1 aromatic carbocycles. The van der Waals surface area contributed by atoms with Crippen molar-refractivity contribution in [3.63, 3.8) is 0 Å². The van der Waals surface area contributed by atoms with Gasteiger partial charge >= 0.3 is 5.69 Å². The Bertz CT molecular complexity index is 627. The van der Waals surface area contributed by atoms with E-state index < -0.39 is 16.4 Å². The second kappa shape index (κ2) is 5.68. The van der Waals surface area contributed by atoms with Gasteiger partial charge in [0.15, 0.2) is 0 Å². The molecular weight excluding hydrogens is 263 g/mol. The van der Waals surface area contributed by atoms with E-state index in [0.717, 1.165) is 24.2 Å². The number of aromatic nitrogens is 2. The quantitative estimate of drug-likeness (QED) is 0.673. The zero-order valence-electron chi connectivity index (χ0n) is 11.2. The largest absolute Gasteiger partial charge is 0.378 e. The second-order valence-electron chi connectivity index (χ2n) is 4.42. The van der Waals surface area contributed by atoms with E-state index in [2.05, 4.69) is 10.4 Å². The van der Waals surface area contributed by atoms with Crippen LogP contribution in [0.25, 0.3) is 0 Å². The van der Waals surface area contributed by atoms with Crippen LogP contribution in [-0.4, -0.2) is 14.7 Å². The lowest BCUT2D eigenvalue weighted by atomic mass is 10.1. The van der Waals surface area contributed by atoms with Crippen LogP contribution in [0.15, 0.2) is 30.6 Å². The zero-order chi connectivity index (χ0) is 14.7. The van der Waals surface area contributed by atoms with Gasteiger partial charge in [-0.3, -0.25) is 14.8 Å². The van der Waals surface area contributed by atoms with Gasteiger partial charge in [-0.1, -0.05) is 0 Å². The molecule has 0 aliphatic rings. The predicted octanol–water partition coefficient (Wildman–Crippen LogP) is 3.12. The maximum absolute atomic E-state index is 13.5. The molecule has 2 rings (SSSR count). The first kappa shape index (κ1) is 14.0. The number of halogens is 1. The maximum Gasteiger partial charge on any atom is 0.304 e. The molecule has 0 aliphatic heterocycles. The van der Waals surface area contributed by atoms with E-state index in [1.54, 1.807) is 10.9 Å². The summed E-state index contributed by atoms with van der Waals surface area (Å²) in [6.45, 7) is 4.68. The van der Waals surface area contributed by atoms with Crippen LogP contribution >= 0.6 is 0 Å². The van der Waals surface area contributed by atoms with Gasteiger partial charge in [0, 0.05) is 36.1 Å². The minimum absolute atomic E-state index is 0.0730. The molecule has 1 atom stereocenters. The predicted molar refractivity (Wildman–Crippen MR) is 73.0 cm³/mol. The summed E-state index contributed by atoms with van der Waals surface area (Å²) >= 11 is 0. The van der Waals surface area contributed by atoms with Crippen molar-refractivity contribution < 1.29 is 9.31 Å². The monoisotopic (exact) mass is 278 g/mol. The molecule has 0 amide bonds. The Balaban J connectivity index is 2.13. The fourth-order valence-electron chi connectivity index (χ4n) is 1.85. The van der Waals surface area contributed by atoms with E-state index in [-0.39, 0.29) is 6.04 Å². The molecule has 0 saturated heterocycles. The van der Waals surface area contributed by atoms with E-state index in [9.17, 15) is 14.5 Å². The first-order chi connectivity index (χ1) is 9.51. The summed E-state index contributed by atoms with van der Waals surface area (Å²) in [6.07, 6.45) is 3.64. The topological polar surface area (TPSA) is 73.0 Å². The van der Waals surface area contributed by atoms with Gasteiger partial charge in [0.2, 0.25) is 5.82 Å². The zero-order valence-corrected chi connectivity index (χ0v) is 11.2. The lowest BCUT2D eigenvalue weighted by Crippen LogP contribution is -2.06. The van der Waals surface area contributed by atoms with E-state index in [0.29, 0.717) is 5.69 Å². The normalized spacial score (nSPS) is 12.2. The van der Waals surface area contributed by atoms with Crippen molar-refractivity contribution in [2.45, 2.75) is 26.4 Å². The molecule has 1 N–H and O–H groups in total. The van der Waals surface area contributed by atoms with Crippen LogP contribution < -0.4 is 5.32 Å². The van der Waals surface area contributed by atoms with Gasteiger partial charge in [-0.2, -0.15) is 9.49 Å². The summed E-state index contributed by atoms with van der Waals surface area (Å²) in [5, 5.41) is 17.8. The first-order valence-corrected chi connectivity index (χ1v) is 6.24. The SMILES string of the molecule is CCn1cc(C(C)Nc2ccc([N+](=O)[O-])c(F)c2)cn1. The van der Waals surface area contributed by atoms with E-state index >= 15 is 0 Å². The number of benzene rings is 1. The molecule has 0 saturated carbocycles. The van der Waals surface area contributed by atoms with E-state index in [1.165, 1.54) is 6.07 Å². The number of anilines is 1. The third-order valence-corrected chi connectivity index (χ3v) is 3.00. The van der Waals surface area contributed by atoms with Crippen molar-refractivity contribution in [2.24, 2.45) is 0 Å². The van der Waals surface area contributed by atoms with Gasteiger partial charge in [0.25, 0.3) is 0 Å². The van der Waals surface area contributed by atoms with Gasteiger partial charge in [0.05, 0.1) is 17.2 Å². The number of hydrogen-bond acceptors (Lipinski definition) is 4. The van der Waals surface area contributed by atoms with Gasteiger partial charge in [-0.15, -0.1) is 0 Å². The molecule has 2 aromatic rings. The standard InChI is InChI=1S/C13H15FN4O2/c1-3-17-8-10(7-15-17)9(2)16-11-4-5-13(18(19)20)12(14)6-11/h4-9,16H,3H2,1-2H3. The summed E-state index contributed by atoms with van der Waals surface area (Å²) in [4.78, 5) is 9.80. The minimum Gasteiger partial charge on any atom is -0.378 e. The summed E-state index contributed by atoms with van der Waals surface area (Å²) < 4.78 is 15.3. The molecule has 0 bridgehead atoms. The van der Waals surface area contributed by atoms with Crippen LogP contribution in [0.4, 0.5) is 15.8 Å². The minimum atomic E-state index is -0.851. The molecule has 20 heavy (non-hydrogen) atoms. The molecule has 7 heteroatoms. The maximum atomic E-state index is 13.5. The van der Waals surface area contributed by atoms with Crippen LogP contribution in [0, 0.1) is 15.9 Å². The van der Waals surface area contributed by atoms with Crippen molar-refractivity contribution >= 4 is 11.4 Å². The number of nitro benzene ring substituents is 1. The fraction of sp³-hybridized carbons (Fsp3) is 0.308. The highest BCUT2D eigenvalue weighted by molar-refractivity contribution is 5.50. The third-order valence-electron chi connectivity index (χ3n) is 3.00. The smallest absolute Gasteiger partial charge is 0.304 e. The Morgan fingerprint density at radius 3 is 2.85 bits per heavy atom. The average molecular weight is 278 g/mol. The molecule has 0 spiro atoms. The number of nitro groups is 1. The Morgan fingerprint density at radius 2 is 2.30 bits per heavy atom. The van der Waals surface area contributed by atoms with Crippen LogP contribution in [0.2, 0.25) is 0 Å². The Hall–Kier alpha value is -2.44. The number of aryl methyl sites for hydroxylation is 1. The summed E-state index contributed by atoms with van der Waals surface area (Å²) in [5.41, 5.74) is 0.928. The summed E-state index contributed by atoms with van der Waals surface area (Å²) in [5.74, 6) is -0.851. The van der Waals surface area contributed by atoms with Gasteiger partial charge < -0.3 is 5.32 Å². The molecule has 0 aliphatic carbocycles. The highest BCUT2D eigenvalue weighted by Crippen LogP contribution is 2.24. The highest BCUT2D eigenvalue weighted by atomic mass is 19.1.